The Morgan fingerprint density at radius 1 is 0.875 bits per heavy atom. The maximum absolute atomic E-state index is 3.41. The maximum Gasteiger partial charge on any atom is 0.0379 e. The molecule has 16 heavy (non-hydrogen) atoms. The third-order valence-electron chi connectivity index (χ3n) is 2.17. The molecule has 0 atom stereocenters. The average Bonchev–Trinajstić information content (AvgIpc) is 2.33. The van der Waals surface area contributed by atoms with E-state index < -0.39 is 0 Å². The highest BCUT2D eigenvalue weighted by molar-refractivity contribution is 9.10. The summed E-state index contributed by atoms with van der Waals surface area (Å²) in [5, 5.41) is 3.22. The predicted octanol–water partition coefficient (Wildman–Crippen LogP) is 4.53. The van der Waals surface area contributed by atoms with E-state index in [4.69, 9.17) is 0 Å². The van der Waals surface area contributed by atoms with Crippen molar-refractivity contribution >= 4 is 27.7 Å². The highest BCUT2D eigenvalue weighted by Crippen LogP contribution is 2.12. The van der Waals surface area contributed by atoms with Crippen molar-refractivity contribution in [3.8, 4) is 0 Å². The molecular formula is C14H12BrN. The van der Waals surface area contributed by atoms with Crippen molar-refractivity contribution in [3.63, 3.8) is 0 Å². The van der Waals surface area contributed by atoms with E-state index in [0.29, 0.717) is 0 Å². The van der Waals surface area contributed by atoms with Crippen LogP contribution in [0.2, 0.25) is 0 Å². The molecule has 0 saturated heterocycles. The van der Waals surface area contributed by atoms with Crippen molar-refractivity contribution in [2.45, 2.75) is 0 Å². The van der Waals surface area contributed by atoms with Gasteiger partial charge in [-0.05, 0) is 35.9 Å². The predicted molar refractivity (Wildman–Crippen MR) is 73.2 cm³/mol. The van der Waals surface area contributed by atoms with Crippen molar-refractivity contribution in [1.29, 1.82) is 0 Å². The van der Waals surface area contributed by atoms with E-state index in [1.165, 1.54) is 5.56 Å². The van der Waals surface area contributed by atoms with Gasteiger partial charge < -0.3 is 5.32 Å². The third-order valence-corrected chi connectivity index (χ3v) is 2.70. The highest BCUT2D eigenvalue weighted by atomic mass is 79.9. The zero-order valence-electron chi connectivity index (χ0n) is 8.73. The summed E-state index contributed by atoms with van der Waals surface area (Å²) in [7, 11) is 0. The Kier molecular flexibility index (Phi) is 3.78. The largest absolute Gasteiger partial charge is 0.362 e. The minimum Gasteiger partial charge on any atom is -0.362 e. The van der Waals surface area contributed by atoms with Crippen molar-refractivity contribution in [2.24, 2.45) is 0 Å². The van der Waals surface area contributed by atoms with Gasteiger partial charge in [0.05, 0.1) is 0 Å². The molecular weight excluding hydrogens is 262 g/mol. The van der Waals surface area contributed by atoms with Crippen LogP contribution in [0, 0.1) is 0 Å². The van der Waals surface area contributed by atoms with Gasteiger partial charge in [0.1, 0.15) is 0 Å². The third kappa shape index (κ3) is 3.24. The van der Waals surface area contributed by atoms with E-state index in [1.54, 1.807) is 0 Å². The fourth-order valence-corrected chi connectivity index (χ4v) is 1.61. The van der Waals surface area contributed by atoms with E-state index in [0.717, 1.165) is 10.2 Å². The summed E-state index contributed by atoms with van der Waals surface area (Å²) in [5.41, 5.74) is 2.27. The molecule has 0 aliphatic rings. The SMILES string of the molecule is Brc1ccc(C=CNc2ccccc2)cc1. The summed E-state index contributed by atoms with van der Waals surface area (Å²) in [4.78, 5) is 0. The van der Waals surface area contributed by atoms with Crippen LogP contribution in [0.1, 0.15) is 5.56 Å². The first-order chi connectivity index (χ1) is 7.84. The summed E-state index contributed by atoms with van der Waals surface area (Å²) in [6.07, 6.45) is 3.98. The van der Waals surface area contributed by atoms with Crippen LogP contribution < -0.4 is 5.32 Å². The summed E-state index contributed by atoms with van der Waals surface area (Å²) < 4.78 is 1.10. The molecule has 0 aliphatic carbocycles. The molecule has 0 fully saturated rings. The van der Waals surface area contributed by atoms with Crippen LogP contribution >= 0.6 is 15.9 Å². The molecule has 2 aromatic rings. The van der Waals surface area contributed by atoms with Crippen LogP contribution in [0.3, 0.4) is 0 Å². The van der Waals surface area contributed by atoms with Gasteiger partial charge in [0, 0.05) is 16.4 Å². The van der Waals surface area contributed by atoms with Crippen LogP contribution in [0.5, 0.6) is 0 Å². The minimum absolute atomic E-state index is 1.09. The van der Waals surface area contributed by atoms with Gasteiger partial charge in [-0.1, -0.05) is 46.3 Å². The topological polar surface area (TPSA) is 12.0 Å². The lowest BCUT2D eigenvalue weighted by molar-refractivity contribution is 1.57. The Bertz CT molecular complexity index is 460. The van der Waals surface area contributed by atoms with Crippen molar-refractivity contribution in [2.75, 3.05) is 5.32 Å². The summed E-state index contributed by atoms with van der Waals surface area (Å²) in [6, 6.07) is 18.3. The average molecular weight is 274 g/mol. The first-order valence-corrected chi connectivity index (χ1v) is 5.87. The molecule has 0 unspecified atom stereocenters. The molecule has 0 bridgehead atoms. The zero-order valence-corrected chi connectivity index (χ0v) is 10.3. The van der Waals surface area contributed by atoms with Gasteiger partial charge in [-0.25, -0.2) is 0 Å². The molecule has 1 nitrogen and oxygen atoms in total. The number of nitrogens with one attached hydrogen (secondary N) is 1. The van der Waals surface area contributed by atoms with E-state index in [-0.39, 0.29) is 0 Å². The molecule has 0 spiro atoms. The van der Waals surface area contributed by atoms with E-state index in [1.807, 2.05) is 54.7 Å². The fourth-order valence-electron chi connectivity index (χ4n) is 1.34. The van der Waals surface area contributed by atoms with E-state index in [9.17, 15) is 0 Å². The smallest absolute Gasteiger partial charge is 0.0379 e. The molecule has 0 saturated carbocycles. The molecule has 0 amide bonds. The lowest BCUT2D eigenvalue weighted by Gasteiger charge is -1.99. The maximum atomic E-state index is 3.41. The van der Waals surface area contributed by atoms with Gasteiger partial charge in [-0.15, -0.1) is 0 Å². The quantitative estimate of drug-likeness (QED) is 0.866. The summed E-state index contributed by atoms with van der Waals surface area (Å²) in [6.45, 7) is 0. The fraction of sp³-hybridized carbons (Fsp3) is 0. The van der Waals surface area contributed by atoms with E-state index in [2.05, 4.69) is 33.4 Å². The summed E-state index contributed by atoms with van der Waals surface area (Å²) >= 11 is 3.41. The number of halogens is 1. The zero-order chi connectivity index (χ0) is 11.2. The Balaban J connectivity index is 1.98. The molecule has 2 rings (SSSR count). The second kappa shape index (κ2) is 5.52. The number of anilines is 1. The van der Waals surface area contributed by atoms with Crippen molar-refractivity contribution < 1.29 is 0 Å². The van der Waals surface area contributed by atoms with Crippen molar-refractivity contribution in [1.82, 2.24) is 0 Å². The second-order valence-electron chi connectivity index (χ2n) is 3.40. The number of para-hydroxylation sites is 1. The van der Waals surface area contributed by atoms with Gasteiger partial charge in [-0.2, -0.15) is 0 Å². The number of hydrogen-bond donors (Lipinski definition) is 1. The number of hydrogen-bond acceptors (Lipinski definition) is 1. The molecule has 0 heterocycles. The Hall–Kier alpha value is -1.54. The van der Waals surface area contributed by atoms with Gasteiger partial charge in [0.2, 0.25) is 0 Å². The molecule has 0 aliphatic heterocycles. The van der Waals surface area contributed by atoms with Gasteiger partial charge >= 0.3 is 0 Å². The number of benzene rings is 2. The minimum atomic E-state index is 1.09. The van der Waals surface area contributed by atoms with Gasteiger partial charge in [0.25, 0.3) is 0 Å². The van der Waals surface area contributed by atoms with Gasteiger partial charge in [-0.3, -0.25) is 0 Å². The second-order valence-corrected chi connectivity index (χ2v) is 4.31. The van der Waals surface area contributed by atoms with Crippen LogP contribution in [0.4, 0.5) is 5.69 Å². The monoisotopic (exact) mass is 273 g/mol. The van der Waals surface area contributed by atoms with Crippen LogP contribution in [0.15, 0.2) is 65.3 Å². The van der Waals surface area contributed by atoms with Crippen LogP contribution in [0.25, 0.3) is 6.08 Å². The Morgan fingerprint density at radius 2 is 1.56 bits per heavy atom. The lowest BCUT2D eigenvalue weighted by Crippen LogP contribution is -1.85. The molecule has 80 valence electrons. The van der Waals surface area contributed by atoms with Gasteiger partial charge in [0.15, 0.2) is 0 Å². The molecule has 0 aromatic heterocycles. The summed E-state index contributed by atoms with van der Waals surface area (Å²) in [5.74, 6) is 0. The number of rotatable bonds is 3. The van der Waals surface area contributed by atoms with Crippen LogP contribution in [-0.4, -0.2) is 0 Å². The molecule has 2 heteroatoms. The molecule has 1 N–H and O–H groups in total. The standard InChI is InChI=1S/C14H12BrN/c15-13-8-6-12(7-9-13)10-11-16-14-4-2-1-3-5-14/h1-11,16H. The normalized spacial score (nSPS) is 10.6. The van der Waals surface area contributed by atoms with E-state index >= 15 is 0 Å². The Morgan fingerprint density at radius 3 is 2.25 bits per heavy atom. The lowest BCUT2D eigenvalue weighted by atomic mass is 10.2. The Labute approximate surface area is 104 Å². The van der Waals surface area contributed by atoms with Crippen LogP contribution in [-0.2, 0) is 0 Å². The molecule has 0 radical (unpaired) electrons. The van der Waals surface area contributed by atoms with Crippen molar-refractivity contribution in [3.05, 3.63) is 70.8 Å². The first-order valence-electron chi connectivity index (χ1n) is 5.08. The molecule has 2 aromatic carbocycles. The highest BCUT2D eigenvalue weighted by Gasteiger charge is 1.87. The first kappa shape index (κ1) is 11.0.